The van der Waals surface area contributed by atoms with Gasteiger partial charge in [-0.05, 0) is 36.8 Å². The number of nitrogens with one attached hydrogen (secondary N) is 1. The van der Waals surface area contributed by atoms with E-state index in [2.05, 4.69) is 10.3 Å². The molecule has 118 valence electrons. The molecule has 0 radical (unpaired) electrons. The lowest BCUT2D eigenvalue weighted by Crippen LogP contribution is -2.13. The van der Waals surface area contributed by atoms with E-state index in [9.17, 15) is 9.18 Å². The van der Waals surface area contributed by atoms with E-state index in [1.54, 1.807) is 24.4 Å². The van der Waals surface area contributed by atoms with E-state index in [0.717, 1.165) is 10.3 Å². The molecular formula is C17H15FN2O2S. The summed E-state index contributed by atoms with van der Waals surface area (Å²) in [6.07, 6.45) is 1.63. The molecule has 3 aromatic rings. The Morgan fingerprint density at radius 3 is 2.96 bits per heavy atom. The van der Waals surface area contributed by atoms with Crippen molar-refractivity contribution in [1.82, 2.24) is 4.98 Å². The summed E-state index contributed by atoms with van der Waals surface area (Å²) in [5.74, 6) is -0.189. The topological polar surface area (TPSA) is 51.2 Å². The first-order valence-corrected chi connectivity index (χ1v) is 7.84. The number of carbonyl (C=O) groups excluding carboxylic acids is 1. The molecule has 0 aliphatic heterocycles. The van der Waals surface area contributed by atoms with Crippen molar-refractivity contribution >= 4 is 33.1 Å². The fourth-order valence-corrected chi connectivity index (χ4v) is 3.53. The van der Waals surface area contributed by atoms with Crippen LogP contribution in [0, 0.1) is 12.7 Å². The summed E-state index contributed by atoms with van der Waals surface area (Å²) in [7, 11) is 1.52. The number of anilines is 1. The largest absolute Gasteiger partial charge is 0.380 e. The highest BCUT2D eigenvalue weighted by Gasteiger charge is 2.21. The Bertz CT molecular complexity index is 876. The van der Waals surface area contributed by atoms with Crippen LogP contribution in [0.1, 0.15) is 20.8 Å². The van der Waals surface area contributed by atoms with Crippen molar-refractivity contribution in [1.29, 1.82) is 0 Å². The van der Waals surface area contributed by atoms with Gasteiger partial charge in [-0.25, -0.2) is 9.37 Å². The molecule has 0 saturated carbocycles. The van der Waals surface area contributed by atoms with E-state index in [4.69, 9.17) is 4.74 Å². The highest BCUT2D eigenvalue weighted by Crippen LogP contribution is 2.34. The van der Waals surface area contributed by atoms with Crippen LogP contribution in [0.15, 0.2) is 36.5 Å². The maximum Gasteiger partial charge on any atom is 0.267 e. The normalized spacial score (nSPS) is 10.9. The molecule has 0 atom stereocenters. The number of fused-ring (bicyclic) bond motifs is 1. The molecule has 6 heteroatoms. The molecular weight excluding hydrogens is 315 g/mol. The molecule has 2 aromatic heterocycles. The molecule has 0 saturated heterocycles. The Labute approximate surface area is 136 Å². The van der Waals surface area contributed by atoms with Crippen molar-refractivity contribution in [3.63, 3.8) is 0 Å². The predicted octanol–water partition coefficient (Wildman–Crippen LogP) is 4.14. The second kappa shape index (κ2) is 6.44. The number of benzene rings is 1. The van der Waals surface area contributed by atoms with Crippen molar-refractivity contribution in [2.75, 3.05) is 12.4 Å². The summed E-state index contributed by atoms with van der Waals surface area (Å²) in [4.78, 5) is 17.1. The minimum absolute atomic E-state index is 0.172. The van der Waals surface area contributed by atoms with Crippen molar-refractivity contribution < 1.29 is 13.9 Å². The SMILES string of the molecule is COCc1c(C(=O)Nc2cc(C)ccn2)sc2cccc(F)c12. The van der Waals surface area contributed by atoms with E-state index >= 15 is 0 Å². The van der Waals surface area contributed by atoms with Crippen LogP contribution in [0.25, 0.3) is 10.1 Å². The lowest BCUT2D eigenvalue weighted by atomic mass is 10.1. The summed E-state index contributed by atoms with van der Waals surface area (Å²) < 4.78 is 20.0. The van der Waals surface area contributed by atoms with Gasteiger partial charge in [0.15, 0.2) is 0 Å². The lowest BCUT2D eigenvalue weighted by Gasteiger charge is -2.06. The Kier molecular flexibility index (Phi) is 4.36. The molecule has 0 unspecified atom stereocenters. The number of pyridine rings is 1. The van der Waals surface area contributed by atoms with Crippen LogP contribution in [-0.2, 0) is 11.3 Å². The van der Waals surface area contributed by atoms with Gasteiger partial charge in [-0.15, -0.1) is 11.3 Å². The van der Waals surface area contributed by atoms with Gasteiger partial charge in [0, 0.05) is 29.0 Å². The first kappa shape index (κ1) is 15.6. The van der Waals surface area contributed by atoms with E-state index in [1.807, 2.05) is 13.0 Å². The number of halogens is 1. The van der Waals surface area contributed by atoms with Gasteiger partial charge in [0.05, 0.1) is 11.5 Å². The van der Waals surface area contributed by atoms with Gasteiger partial charge in [-0.2, -0.15) is 0 Å². The number of hydrogen-bond donors (Lipinski definition) is 1. The third kappa shape index (κ3) is 3.09. The Hall–Kier alpha value is -2.31. The highest BCUT2D eigenvalue weighted by molar-refractivity contribution is 7.21. The molecule has 0 fully saturated rings. The smallest absolute Gasteiger partial charge is 0.267 e. The van der Waals surface area contributed by atoms with E-state index in [-0.39, 0.29) is 18.3 Å². The number of amides is 1. The molecule has 1 amide bonds. The number of methoxy groups -OCH3 is 1. The average Bonchev–Trinajstić information content (AvgIpc) is 2.88. The minimum Gasteiger partial charge on any atom is -0.380 e. The minimum atomic E-state index is -0.349. The molecule has 23 heavy (non-hydrogen) atoms. The maximum absolute atomic E-state index is 14.1. The van der Waals surface area contributed by atoms with E-state index < -0.39 is 0 Å². The highest BCUT2D eigenvalue weighted by atomic mass is 32.1. The van der Waals surface area contributed by atoms with Gasteiger partial charge >= 0.3 is 0 Å². The Balaban J connectivity index is 2.03. The standard InChI is InChI=1S/C17H15FN2O2S/c1-10-6-7-19-14(8-10)20-17(21)16-11(9-22-2)15-12(18)4-3-5-13(15)23-16/h3-8H,9H2,1-2H3,(H,19,20,21). The van der Waals surface area contributed by atoms with Crippen molar-refractivity contribution in [3.05, 3.63) is 58.3 Å². The average molecular weight is 330 g/mol. The predicted molar refractivity (Wildman–Crippen MR) is 89.4 cm³/mol. The first-order valence-electron chi connectivity index (χ1n) is 7.03. The number of aromatic nitrogens is 1. The van der Waals surface area contributed by atoms with Crippen LogP contribution in [0.4, 0.5) is 10.2 Å². The number of thiophene rings is 1. The van der Waals surface area contributed by atoms with Gasteiger partial charge in [-0.3, -0.25) is 4.79 Å². The summed E-state index contributed by atoms with van der Waals surface area (Å²) in [6, 6.07) is 8.44. The molecule has 0 spiro atoms. The second-order valence-corrected chi connectivity index (χ2v) is 6.18. The van der Waals surface area contributed by atoms with Gasteiger partial charge in [0.1, 0.15) is 11.6 Å². The van der Waals surface area contributed by atoms with Crippen molar-refractivity contribution in [3.8, 4) is 0 Å². The molecule has 1 N–H and O–H groups in total. The zero-order valence-electron chi connectivity index (χ0n) is 12.7. The van der Waals surface area contributed by atoms with Crippen LogP contribution in [-0.4, -0.2) is 18.0 Å². The third-order valence-electron chi connectivity index (χ3n) is 3.42. The lowest BCUT2D eigenvalue weighted by molar-refractivity contribution is 0.102. The maximum atomic E-state index is 14.1. The monoisotopic (exact) mass is 330 g/mol. The number of nitrogens with zero attached hydrogens (tertiary/aromatic N) is 1. The molecule has 0 bridgehead atoms. The molecule has 4 nitrogen and oxygen atoms in total. The number of ether oxygens (including phenoxy) is 1. The zero-order valence-corrected chi connectivity index (χ0v) is 13.5. The van der Waals surface area contributed by atoms with Crippen molar-refractivity contribution in [2.24, 2.45) is 0 Å². The van der Waals surface area contributed by atoms with Crippen LogP contribution in [0.2, 0.25) is 0 Å². The first-order chi connectivity index (χ1) is 11.1. The van der Waals surface area contributed by atoms with Crippen molar-refractivity contribution in [2.45, 2.75) is 13.5 Å². The number of hydrogen-bond acceptors (Lipinski definition) is 4. The number of carbonyl (C=O) groups is 1. The second-order valence-electron chi connectivity index (χ2n) is 5.13. The summed E-state index contributed by atoms with van der Waals surface area (Å²) in [5, 5.41) is 3.21. The van der Waals surface area contributed by atoms with Gasteiger partial charge < -0.3 is 10.1 Å². The molecule has 0 aliphatic carbocycles. The Morgan fingerprint density at radius 1 is 1.39 bits per heavy atom. The van der Waals surface area contributed by atoms with Crippen LogP contribution < -0.4 is 5.32 Å². The van der Waals surface area contributed by atoms with Crippen LogP contribution in [0.3, 0.4) is 0 Å². The third-order valence-corrected chi connectivity index (χ3v) is 4.61. The fourth-order valence-electron chi connectivity index (χ4n) is 2.41. The molecule has 2 heterocycles. The molecule has 1 aromatic carbocycles. The quantitative estimate of drug-likeness (QED) is 0.782. The van der Waals surface area contributed by atoms with E-state index in [0.29, 0.717) is 21.6 Å². The van der Waals surface area contributed by atoms with Gasteiger partial charge in [0.25, 0.3) is 5.91 Å². The summed E-state index contributed by atoms with van der Waals surface area (Å²) >= 11 is 1.25. The fraction of sp³-hybridized carbons (Fsp3) is 0.176. The zero-order chi connectivity index (χ0) is 16.4. The van der Waals surface area contributed by atoms with Crippen LogP contribution in [0.5, 0.6) is 0 Å². The summed E-state index contributed by atoms with van der Waals surface area (Å²) in [5.41, 5.74) is 1.56. The molecule has 3 rings (SSSR count). The van der Waals surface area contributed by atoms with E-state index in [1.165, 1.54) is 24.5 Å². The van der Waals surface area contributed by atoms with Crippen LogP contribution >= 0.6 is 11.3 Å². The Morgan fingerprint density at radius 2 is 2.22 bits per heavy atom. The van der Waals surface area contributed by atoms with Gasteiger partial charge in [0.2, 0.25) is 0 Å². The number of aryl methyl sites for hydroxylation is 1. The molecule has 0 aliphatic rings. The summed E-state index contributed by atoms with van der Waals surface area (Å²) in [6.45, 7) is 2.09. The number of rotatable bonds is 4. The van der Waals surface area contributed by atoms with Gasteiger partial charge in [-0.1, -0.05) is 6.07 Å².